The maximum atomic E-state index is 11.0. The molecule has 1 aromatic heterocycles. The molecule has 16 heavy (non-hydrogen) atoms. The molecular weight excluding hydrogens is 230 g/mol. The van der Waals surface area contributed by atoms with Crippen LogP contribution in [0.3, 0.4) is 0 Å². The van der Waals surface area contributed by atoms with Crippen molar-refractivity contribution in [2.75, 3.05) is 11.7 Å². The smallest absolute Gasteiger partial charge is 0.270 e. The summed E-state index contributed by atoms with van der Waals surface area (Å²) in [7, 11) is 0. The Kier molecular flexibility index (Phi) is 2.57. The number of nitrogens with two attached hydrogens (primary N) is 1. The van der Waals surface area contributed by atoms with E-state index in [0.717, 1.165) is 0 Å². The van der Waals surface area contributed by atoms with Gasteiger partial charge in [0.2, 0.25) is 0 Å². The second-order valence-corrected chi connectivity index (χ2v) is 3.73. The van der Waals surface area contributed by atoms with Gasteiger partial charge in [0.25, 0.3) is 5.91 Å². The van der Waals surface area contributed by atoms with Crippen LogP contribution >= 0.6 is 11.8 Å². The van der Waals surface area contributed by atoms with Crippen LogP contribution in [0.15, 0.2) is 17.1 Å². The number of hydrogen-bond donors (Lipinski definition) is 4. The van der Waals surface area contributed by atoms with Gasteiger partial charge >= 0.3 is 0 Å². The summed E-state index contributed by atoms with van der Waals surface area (Å²) in [6, 6.07) is 0. The molecule has 7 nitrogen and oxygen atoms in total. The van der Waals surface area contributed by atoms with Gasteiger partial charge in [-0.3, -0.25) is 15.6 Å². The maximum Gasteiger partial charge on any atom is 0.270 e. The highest BCUT2D eigenvalue weighted by Crippen LogP contribution is 2.26. The number of thioether (sulfide) groups is 1. The molecule has 0 bridgehead atoms. The third kappa shape index (κ3) is 1.63. The highest BCUT2D eigenvalue weighted by molar-refractivity contribution is 7.98. The lowest BCUT2D eigenvalue weighted by Crippen LogP contribution is -2.35. The van der Waals surface area contributed by atoms with Crippen molar-refractivity contribution in [1.82, 2.24) is 15.4 Å². The minimum absolute atomic E-state index is 0.104. The fourth-order valence-electron chi connectivity index (χ4n) is 1.23. The van der Waals surface area contributed by atoms with E-state index in [9.17, 15) is 9.90 Å². The summed E-state index contributed by atoms with van der Waals surface area (Å²) in [5.74, 6) is -0.611. The summed E-state index contributed by atoms with van der Waals surface area (Å²) in [6.45, 7) is 0. The van der Waals surface area contributed by atoms with Crippen LogP contribution in [0.4, 0.5) is 5.82 Å². The van der Waals surface area contributed by atoms with Crippen LogP contribution in [0.25, 0.3) is 5.76 Å². The molecule has 2 rings (SSSR count). The van der Waals surface area contributed by atoms with E-state index in [2.05, 4.69) is 20.8 Å². The van der Waals surface area contributed by atoms with E-state index in [1.807, 2.05) is 6.26 Å². The van der Waals surface area contributed by atoms with Crippen molar-refractivity contribution in [1.29, 1.82) is 0 Å². The zero-order valence-corrected chi connectivity index (χ0v) is 9.13. The van der Waals surface area contributed by atoms with Crippen molar-refractivity contribution in [3.63, 3.8) is 0 Å². The van der Waals surface area contributed by atoms with E-state index in [4.69, 9.17) is 5.73 Å². The van der Waals surface area contributed by atoms with Crippen molar-refractivity contribution >= 4 is 29.2 Å². The number of hydrogen-bond acceptors (Lipinski definition) is 7. The number of aliphatic hydroxyl groups excluding tert-OH is 1. The van der Waals surface area contributed by atoms with Crippen LogP contribution in [-0.4, -0.2) is 27.2 Å². The summed E-state index contributed by atoms with van der Waals surface area (Å²) in [6.07, 6.45) is 3.27. The zero-order chi connectivity index (χ0) is 11.7. The average Bonchev–Trinajstić information content (AvgIpc) is 2.28. The minimum atomic E-state index is -0.760. The van der Waals surface area contributed by atoms with Crippen LogP contribution in [-0.2, 0) is 4.79 Å². The second kappa shape index (κ2) is 3.89. The molecule has 8 heteroatoms. The van der Waals surface area contributed by atoms with Crippen molar-refractivity contribution in [2.45, 2.75) is 5.16 Å². The number of nitrogens with zero attached hydrogens (tertiary/aromatic N) is 2. The number of amides is 1. The Morgan fingerprint density at radius 3 is 2.94 bits per heavy atom. The van der Waals surface area contributed by atoms with Gasteiger partial charge in [0.15, 0.2) is 22.4 Å². The highest BCUT2D eigenvalue weighted by Gasteiger charge is 2.23. The quantitative estimate of drug-likeness (QED) is 0.419. The molecule has 0 saturated heterocycles. The lowest BCUT2D eigenvalue weighted by atomic mass is 10.2. The number of aromatic nitrogens is 2. The van der Waals surface area contributed by atoms with Crippen molar-refractivity contribution in [3.05, 3.63) is 17.5 Å². The molecule has 1 amide bonds. The van der Waals surface area contributed by atoms with Crippen LogP contribution in [0.2, 0.25) is 0 Å². The molecule has 0 atom stereocenters. The van der Waals surface area contributed by atoms with Gasteiger partial charge < -0.3 is 10.8 Å². The largest absolute Gasteiger partial charge is 0.505 e. The number of hydrazine groups is 1. The molecular formula is C8H9N5O2S. The van der Waals surface area contributed by atoms with Gasteiger partial charge in [-0.1, -0.05) is 11.8 Å². The lowest BCUT2D eigenvalue weighted by Gasteiger charge is -2.20. The molecule has 0 saturated carbocycles. The van der Waals surface area contributed by atoms with E-state index < -0.39 is 5.91 Å². The molecule has 0 aliphatic carbocycles. The van der Waals surface area contributed by atoms with Gasteiger partial charge in [-0.05, 0) is 6.26 Å². The number of fused-ring (bicyclic) bond motifs is 1. The van der Waals surface area contributed by atoms with Crippen LogP contribution < -0.4 is 16.6 Å². The molecule has 1 aliphatic heterocycles. The average molecular weight is 239 g/mol. The number of anilines is 1. The Morgan fingerprint density at radius 2 is 2.31 bits per heavy atom. The molecule has 0 aromatic carbocycles. The minimum Gasteiger partial charge on any atom is -0.505 e. The Labute approximate surface area is 95.1 Å². The Bertz CT molecular complexity index is 487. The third-order valence-electron chi connectivity index (χ3n) is 1.99. The first-order valence-electron chi connectivity index (χ1n) is 4.30. The molecule has 5 N–H and O–H groups in total. The molecule has 1 aromatic rings. The van der Waals surface area contributed by atoms with E-state index >= 15 is 0 Å². The van der Waals surface area contributed by atoms with Crippen LogP contribution in [0.1, 0.15) is 5.56 Å². The van der Waals surface area contributed by atoms with Crippen LogP contribution in [0.5, 0.6) is 0 Å². The summed E-state index contributed by atoms with van der Waals surface area (Å²) in [5, 5.41) is 10.3. The summed E-state index contributed by atoms with van der Waals surface area (Å²) < 4.78 is 0. The first-order chi connectivity index (χ1) is 7.63. The van der Waals surface area contributed by atoms with E-state index in [-0.39, 0.29) is 11.5 Å². The van der Waals surface area contributed by atoms with Gasteiger partial charge in [-0.25, -0.2) is 9.97 Å². The molecule has 0 fully saturated rings. The van der Waals surface area contributed by atoms with Gasteiger partial charge in [0, 0.05) is 6.20 Å². The predicted octanol–water partition coefficient (Wildman–Crippen LogP) is -0.160. The van der Waals surface area contributed by atoms with Crippen LogP contribution in [0, 0.1) is 0 Å². The molecule has 0 unspecified atom stereocenters. The monoisotopic (exact) mass is 239 g/mol. The van der Waals surface area contributed by atoms with Crippen molar-refractivity contribution in [2.24, 2.45) is 5.73 Å². The zero-order valence-electron chi connectivity index (χ0n) is 8.31. The Balaban J connectivity index is 2.51. The van der Waals surface area contributed by atoms with Crippen molar-refractivity contribution in [3.8, 4) is 0 Å². The normalized spacial score (nSPS) is 13.8. The standard InChI is InChI=1S/C8H9N5O2S/c1-16-8-10-2-3-5(14)4(6(9)15)12-13-7(3)11-8/h2,12,14H,1H3,(H2,9,15)(H,10,11,13). The van der Waals surface area contributed by atoms with Gasteiger partial charge in [0.05, 0.1) is 5.56 Å². The molecule has 1 aliphatic rings. The predicted molar refractivity (Wildman–Crippen MR) is 59.3 cm³/mol. The Hall–Kier alpha value is -1.96. The lowest BCUT2D eigenvalue weighted by molar-refractivity contribution is -0.114. The van der Waals surface area contributed by atoms with Gasteiger partial charge in [-0.2, -0.15) is 0 Å². The number of aliphatic hydroxyl groups is 1. The van der Waals surface area contributed by atoms with Crippen molar-refractivity contribution < 1.29 is 9.90 Å². The second-order valence-electron chi connectivity index (χ2n) is 2.96. The highest BCUT2D eigenvalue weighted by atomic mass is 32.2. The molecule has 0 radical (unpaired) electrons. The fraction of sp³-hybridized carbons (Fsp3) is 0.125. The third-order valence-corrected chi connectivity index (χ3v) is 2.56. The maximum absolute atomic E-state index is 11.0. The van der Waals surface area contributed by atoms with E-state index in [0.29, 0.717) is 16.5 Å². The number of nitrogens with one attached hydrogen (secondary N) is 2. The molecule has 84 valence electrons. The topological polar surface area (TPSA) is 113 Å². The SMILES string of the molecule is CSc1ncc2c(n1)NNC(C(N)=O)=C2O. The molecule has 0 spiro atoms. The fourth-order valence-corrected chi connectivity index (χ4v) is 1.57. The van der Waals surface area contributed by atoms with E-state index in [1.165, 1.54) is 18.0 Å². The molecule has 2 heterocycles. The first-order valence-corrected chi connectivity index (χ1v) is 5.52. The number of rotatable bonds is 2. The Morgan fingerprint density at radius 1 is 1.56 bits per heavy atom. The summed E-state index contributed by atoms with van der Waals surface area (Å²) in [4.78, 5) is 19.1. The first kappa shape index (κ1) is 10.6. The summed E-state index contributed by atoms with van der Waals surface area (Å²) >= 11 is 1.37. The van der Waals surface area contributed by atoms with Gasteiger partial charge in [-0.15, -0.1) is 0 Å². The van der Waals surface area contributed by atoms with E-state index in [1.54, 1.807) is 0 Å². The number of carbonyl (C=O) groups excluding carboxylic acids is 1. The summed E-state index contributed by atoms with van der Waals surface area (Å²) in [5.41, 5.74) is 10.4. The number of carbonyl (C=O) groups is 1. The van der Waals surface area contributed by atoms with Gasteiger partial charge in [0.1, 0.15) is 0 Å². The number of primary amides is 1.